The van der Waals surface area contributed by atoms with Crippen molar-refractivity contribution in [3.8, 4) is 0 Å². The molecule has 3 rings (SSSR count). The molecule has 200 valence electrons. The van der Waals surface area contributed by atoms with Crippen molar-refractivity contribution < 1.29 is 15.3 Å². The van der Waals surface area contributed by atoms with Gasteiger partial charge < -0.3 is 15.3 Å². The predicted octanol–water partition coefficient (Wildman–Crippen LogP) is 3.85. The van der Waals surface area contributed by atoms with E-state index in [4.69, 9.17) is 0 Å². The molecule has 0 spiro atoms. The van der Waals surface area contributed by atoms with Gasteiger partial charge in [-0.3, -0.25) is 15.1 Å². The quantitative estimate of drug-likeness (QED) is 0.375. The van der Waals surface area contributed by atoms with Gasteiger partial charge in [0.15, 0.2) is 0 Å². The van der Waals surface area contributed by atoms with E-state index in [1.807, 2.05) is 19.0 Å². The first-order valence-electron chi connectivity index (χ1n) is 14.2. The largest absolute Gasteiger partial charge is 0.378 e. The van der Waals surface area contributed by atoms with E-state index in [0.29, 0.717) is 17.8 Å². The summed E-state index contributed by atoms with van der Waals surface area (Å²) in [4.78, 5) is 4.17. The first-order chi connectivity index (χ1) is 16.0. The SMILES string of the molecule is CC(C)[C@@H](NC(O)C1CCCC(C2CCCC(C(O)N(C)C)C2)C1)C(O)N1CCCC(C)(C)C1. The summed E-state index contributed by atoms with van der Waals surface area (Å²) in [6, 6.07) is -0.140. The summed E-state index contributed by atoms with van der Waals surface area (Å²) >= 11 is 0. The minimum absolute atomic E-state index is 0.140. The molecule has 2 aliphatic carbocycles. The summed E-state index contributed by atoms with van der Waals surface area (Å²) in [5.74, 6) is 2.14. The lowest BCUT2D eigenvalue weighted by Gasteiger charge is -2.45. The second kappa shape index (κ2) is 12.3. The number of hydrogen-bond acceptors (Lipinski definition) is 6. The van der Waals surface area contributed by atoms with Crippen LogP contribution in [0.15, 0.2) is 0 Å². The van der Waals surface area contributed by atoms with Crippen LogP contribution in [-0.4, -0.2) is 77.0 Å². The van der Waals surface area contributed by atoms with Crippen LogP contribution in [0.5, 0.6) is 0 Å². The van der Waals surface area contributed by atoms with Crippen molar-refractivity contribution in [2.24, 2.45) is 35.0 Å². The molecule has 8 atom stereocenters. The van der Waals surface area contributed by atoms with Crippen molar-refractivity contribution in [2.45, 2.75) is 117 Å². The fraction of sp³-hybridized carbons (Fsp3) is 1.00. The van der Waals surface area contributed by atoms with E-state index < -0.39 is 12.5 Å². The van der Waals surface area contributed by atoms with Gasteiger partial charge in [0.05, 0.1) is 6.04 Å². The van der Waals surface area contributed by atoms with Gasteiger partial charge in [-0.25, -0.2) is 0 Å². The zero-order valence-corrected chi connectivity index (χ0v) is 22.9. The lowest BCUT2D eigenvalue weighted by atomic mass is 9.67. The Bertz CT molecular complexity index is 614. The fourth-order valence-electron chi connectivity index (χ4n) is 7.25. The fourth-order valence-corrected chi connectivity index (χ4v) is 7.25. The van der Waals surface area contributed by atoms with Crippen LogP contribution in [0.2, 0.25) is 0 Å². The molecule has 6 nitrogen and oxygen atoms in total. The Balaban J connectivity index is 1.58. The summed E-state index contributed by atoms with van der Waals surface area (Å²) < 4.78 is 0. The van der Waals surface area contributed by atoms with Crippen LogP contribution >= 0.6 is 0 Å². The van der Waals surface area contributed by atoms with E-state index in [0.717, 1.165) is 45.2 Å². The molecule has 0 aromatic rings. The lowest BCUT2D eigenvalue weighted by Crippen LogP contribution is -2.59. The third-order valence-corrected chi connectivity index (χ3v) is 9.28. The second-order valence-electron chi connectivity index (χ2n) is 13.3. The van der Waals surface area contributed by atoms with E-state index >= 15 is 0 Å². The number of hydrogen-bond donors (Lipinski definition) is 4. The summed E-state index contributed by atoms with van der Waals surface area (Å²) in [5.41, 5.74) is 0.230. The molecular formula is C28H55N3O3. The lowest BCUT2D eigenvalue weighted by molar-refractivity contribution is -0.0869. The van der Waals surface area contributed by atoms with Crippen molar-refractivity contribution in [1.82, 2.24) is 15.1 Å². The van der Waals surface area contributed by atoms with Gasteiger partial charge in [-0.05, 0) is 87.6 Å². The molecular weight excluding hydrogens is 426 g/mol. The minimum Gasteiger partial charge on any atom is -0.378 e. The van der Waals surface area contributed by atoms with E-state index in [-0.39, 0.29) is 29.5 Å². The smallest absolute Gasteiger partial charge is 0.123 e. The average Bonchev–Trinajstić information content (AvgIpc) is 2.80. The molecule has 0 aromatic carbocycles. The first kappa shape index (κ1) is 28.3. The molecule has 4 N–H and O–H groups in total. The Morgan fingerprint density at radius 3 is 2.03 bits per heavy atom. The van der Waals surface area contributed by atoms with Crippen molar-refractivity contribution in [1.29, 1.82) is 0 Å². The number of piperidine rings is 1. The van der Waals surface area contributed by atoms with E-state index in [1.54, 1.807) is 0 Å². The summed E-state index contributed by atoms with van der Waals surface area (Å²) in [7, 11) is 3.94. The molecule has 0 radical (unpaired) electrons. The maximum absolute atomic E-state index is 11.3. The van der Waals surface area contributed by atoms with E-state index in [2.05, 4.69) is 37.9 Å². The zero-order chi connectivity index (χ0) is 25.0. The molecule has 3 aliphatic rings. The van der Waals surface area contributed by atoms with Crippen molar-refractivity contribution in [2.75, 3.05) is 27.2 Å². The molecule has 7 unspecified atom stereocenters. The van der Waals surface area contributed by atoms with E-state index in [9.17, 15) is 15.3 Å². The third kappa shape index (κ3) is 7.39. The number of nitrogens with zero attached hydrogens (tertiary/aromatic N) is 2. The number of rotatable bonds is 9. The molecule has 2 saturated carbocycles. The van der Waals surface area contributed by atoms with Gasteiger partial charge in [-0.15, -0.1) is 0 Å². The molecule has 0 aromatic heterocycles. The highest BCUT2D eigenvalue weighted by Gasteiger charge is 2.39. The van der Waals surface area contributed by atoms with Gasteiger partial charge in [-0.2, -0.15) is 0 Å². The Hall–Kier alpha value is -0.240. The summed E-state index contributed by atoms with van der Waals surface area (Å²) in [5, 5.41) is 36.7. The van der Waals surface area contributed by atoms with Crippen LogP contribution in [0, 0.1) is 35.0 Å². The van der Waals surface area contributed by atoms with Gasteiger partial charge in [0.25, 0.3) is 0 Å². The molecule has 0 bridgehead atoms. The van der Waals surface area contributed by atoms with Gasteiger partial charge in [0.1, 0.15) is 18.7 Å². The average molecular weight is 482 g/mol. The number of likely N-dealkylation sites (tertiary alicyclic amines) is 1. The molecule has 3 fully saturated rings. The van der Waals surface area contributed by atoms with Crippen LogP contribution < -0.4 is 5.32 Å². The van der Waals surface area contributed by atoms with Crippen molar-refractivity contribution in [3.05, 3.63) is 0 Å². The number of nitrogens with one attached hydrogen (secondary N) is 1. The highest BCUT2D eigenvalue weighted by atomic mass is 16.3. The first-order valence-corrected chi connectivity index (χ1v) is 14.2. The molecule has 1 heterocycles. The van der Waals surface area contributed by atoms with E-state index in [1.165, 1.54) is 32.1 Å². The normalized spacial score (nSPS) is 34.7. The summed E-state index contributed by atoms with van der Waals surface area (Å²) in [6.45, 7) is 10.7. The maximum atomic E-state index is 11.3. The van der Waals surface area contributed by atoms with Gasteiger partial charge >= 0.3 is 0 Å². The molecule has 0 amide bonds. The number of aliphatic hydroxyl groups is 3. The van der Waals surface area contributed by atoms with Crippen molar-refractivity contribution >= 4 is 0 Å². The highest BCUT2D eigenvalue weighted by Crippen LogP contribution is 2.43. The summed E-state index contributed by atoms with van der Waals surface area (Å²) in [6.07, 6.45) is 10.1. The third-order valence-electron chi connectivity index (χ3n) is 9.28. The zero-order valence-electron chi connectivity index (χ0n) is 22.9. The van der Waals surface area contributed by atoms with Crippen LogP contribution in [0.1, 0.15) is 91.9 Å². The van der Waals surface area contributed by atoms with Crippen LogP contribution in [0.4, 0.5) is 0 Å². The molecule has 6 heteroatoms. The Labute approximate surface area is 209 Å². The minimum atomic E-state index is -0.575. The van der Waals surface area contributed by atoms with Crippen LogP contribution in [-0.2, 0) is 0 Å². The van der Waals surface area contributed by atoms with Crippen LogP contribution in [0.25, 0.3) is 0 Å². The molecule has 1 aliphatic heterocycles. The van der Waals surface area contributed by atoms with Gasteiger partial charge in [0.2, 0.25) is 0 Å². The second-order valence-corrected chi connectivity index (χ2v) is 13.3. The monoisotopic (exact) mass is 481 g/mol. The maximum Gasteiger partial charge on any atom is 0.123 e. The molecule has 1 saturated heterocycles. The molecule has 34 heavy (non-hydrogen) atoms. The van der Waals surface area contributed by atoms with Crippen molar-refractivity contribution in [3.63, 3.8) is 0 Å². The predicted molar refractivity (Wildman–Crippen MR) is 139 cm³/mol. The Morgan fingerprint density at radius 1 is 0.882 bits per heavy atom. The van der Waals surface area contributed by atoms with Crippen LogP contribution in [0.3, 0.4) is 0 Å². The Morgan fingerprint density at radius 2 is 1.47 bits per heavy atom. The standard InChI is InChI=1S/C28H55N3O3/c1-19(2)24(27(34)31-15-9-14-28(3,4)18-31)29-25(32)22-12-7-10-20(16-22)21-11-8-13-23(17-21)26(33)30(5)6/h19-27,29,32-34H,7-18H2,1-6H3/t20?,21?,22?,23?,24-,25?,26?,27?/m1/s1. The van der Waals surface area contributed by atoms with Gasteiger partial charge in [-0.1, -0.05) is 53.4 Å². The topological polar surface area (TPSA) is 79.2 Å². The Kier molecular flexibility index (Phi) is 10.3. The number of aliphatic hydroxyl groups excluding tert-OH is 3. The van der Waals surface area contributed by atoms with Gasteiger partial charge in [0, 0.05) is 13.1 Å². The highest BCUT2D eigenvalue weighted by molar-refractivity contribution is 4.90.